The zero-order chi connectivity index (χ0) is 18.8. The molecular formula is C18H16N6O2S. The molecule has 8 nitrogen and oxygen atoms in total. The number of hydrogen-bond acceptors (Lipinski definition) is 7. The third kappa shape index (κ3) is 3.41. The Bertz CT molecular complexity index is 1100. The van der Waals surface area contributed by atoms with Gasteiger partial charge in [0.15, 0.2) is 5.65 Å². The fourth-order valence-electron chi connectivity index (χ4n) is 2.66. The highest BCUT2D eigenvalue weighted by Crippen LogP contribution is 2.23. The number of ether oxygens (including phenoxy) is 1. The van der Waals surface area contributed by atoms with Crippen LogP contribution in [0, 0.1) is 6.92 Å². The van der Waals surface area contributed by atoms with E-state index in [9.17, 15) is 4.79 Å². The highest BCUT2D eigenvalue weighted by molar-refractivity contribution is 7.98. The van der Waals surface area contributed by atoms with Crippen molar-refractivity contribution in [2.24, 2.45) is 0 Å². The molecule has 0 aliphatic carbocycles. The highest BCUT2D eigenvalue weighted by Gasteiger charge is 2.15. The number of thioether (sulfide) groups is 1. The number of rotatable bonds is 5. The summed E-state index contributed by atoms with van der Waals surface area (Å²) in [7, 11) is 1.36. The van der Waals surface area contributed by atoms with E-state index in [0.717, 1.165) is 11.4 Å². The maximum atomic E-state index is 11.9. The molecule has 0 saturated heterocycles. The van der Waals surface area contributed by atoms with E-state index in [1.54, 1.807) is 16.8 Å². The van der Waals surface area contributed by atoms with Crippen molar-refractivity contribution in [3.63, 3.8) is 0 Å². The molecule has 0 spiro atoms. The van der Waals surface area contributed by atoms with Gasteiger partial charge in [-0.1, -0.05) is 29.5 Å². The molecular weight excluding hydrogens is 364 g/mol. The standard InChI is InChI=1S/C18H16N6O2S/c1-12-5-7-14(8-6-12)24-18(20-21-22-24)27-11-13-10-23-9-3-4-15(16(23)19-13)17(25)26-2/h3-10H,11H2,1-2H3. The second-order valence-electron chi connectivity index (χ2n) is 5.87. The van der Waals surface area contributed by atoms with Crippen LogP contribution in [0.4, 0.5) is 0 Å². The van der Waals surface area contributed by atoms with E-state index in [0.29, 0.717) is 22.1 Å². The highest BCUT2D eigenvalue weighted by atomic mass is 32.2. The van der Waals surface area contributed by atoms with Crippen LogP contribution >= 0.6 is 11.8 Å². The van der Waals surface area contributed by atoms with E-state index >= 15 is 0 Å². The lowest BCUT2D eigenvalue weighted by Gasteiger charge is -2.03. The monoisotopic (exact) mass is 380 g/mol. The lowest BCUT2D eigenvalue weighted by Crippen LogP contribution is -2.03. The van der Waals surface area contributed by atoms with Crippen LogP contribution < -0.4 is 0 Å². The number of methoxy groups -OCH3 is 1. The van der Waals surface area contributed by atoms with Crippen molar-refractivity contribution >= 4 is 23.4 Å². The number of nitrogens with zero attached hydrogens (tertiary/aromatic N) is 6. The van der Waals surface area contributed by atoms with E-state index in [-0.39, 0.29) is 0 Å². The van der Waals surface area contributed by atoms with Crippen LogP contribution in [0.1, 0.15) is 21.6 Å². The average molecular weight is 380 g/mol. The Morgan fingerprint density at radius 2 is 2.04 bits per heavy atom. The van der Waals surface area contributed by atoms with Gasteiger partial charge in [0.05, 0.1) is 18.5 Å². The summed E-state index contributed by atoms with van der Waals surface area (Å²) in [5, 5.41) is 12.6. The molecule has 0 N–H and O–H groups in total. The van der Waals surface area contributed by atoms with Gasteiger partial charge in [-0.05, 0) is 41.6 Å². The fraction of sp³-hybridized carbons (Fsp3) is 0.167. The summed E-state index contributed by atoms with van der Waals surface area (Å²) in [5.41, 5.74) is 3.89. The predicted octanol–water partition coefficient (Wildman–Crippen LogP) is 2.70. The van der Waals surface area contributed by atoms with Gasteiger partial charge in [-0.15, -0.1) is 5.10 Å². The van der Waals surface area contributed by atoms with Crippen LogP contribution in [0.15, 0.2) is 53.9 Å². The molecule has 0 bridgehead atoms. The van der Waals surface area contributed by atoms with E-state index < -0.39 is 5.97 Å². The molecule has 0 aliphatic rings. The number of pyridine rings is 1. The van der Waals surface area contributed by atoms with Crippen molar-refractivity contribution in [2.75, 3.05) is 7.11 Å². The average Bonchev–Trinajstić information content (AvgIpc) is 3.32. The Hall–Kier alpha value is -3.20. The van der Waals surface area contributed by atoms with E-state index in [4.69, 9.17) is 4.74 Å². The third-order valence-corrected chi connectivity index (χ3v) is 4.96. The number of carbonyl (C=O) groups is 1. The largest absolute Gasteiger partial charge is 0.465 e. The van der Waals surface area contributed by atoms with Gasteiger partial charge in [0.2, 0.25) is 5.16 Å². The maximum absolute atomic E-state index is 11.9. The third-order valence-electron chi connectivity index (χ3n) is 4.01. The number of aryl methyl sites for hydroxylation is 1. The molecule has 0 aliphatic heterocycles. The number of carbonyl (C=O) groups excluding carboxylic acids is 1. The Morgan fingerprint density at radius 1 is 1.22 bits per heavy atom. The zero-order valence-electron chi connectivity index (χ0n) is 14.7. The van der Waals surface area contributed by atoms with Crippen LogP contribution in [0.25, 0.3) is 11.3 Å². The lowest BCUT2D eigenvalue weighted by atomic mass is 10.2. The number of fused-ring (bicyclic) bond motifs is 1. The Labute approximate surface area is 159 Å². The first-order chi connectivity index (χ1) is 13.2. The van der Waals surface area contributed by atoms with Crippen molar-refractivity contribution in [1.29, 1.82) is 0 Å². The minimum absolute atomic E-state index is 0.409. The van der Waals surface area contributed by atoms with Crippen molar-refractivity contribution in [3.05, 3.63) is 65.6 Å². The van der Waals surface area contributed by atoms with E-state index in [1.807, 2.05) is 48.0 Å². The number of aromatic nitrogens is 6. The van der Waals surface area contributed by atoms with E-state index in [2.05, 4.69) is 20.5 Å². The quantitative estimate of drug-likeness (QED) is 0.388. The molecule has 0 saturated carbocycles. The van der Waals surface area contributed by atoms with Gasteiger partial charge in [0.25, 0.3) is 0 Å². The summed E-state index contributed by atoms with van der Waals surface area (Å²) in [5.74, 6) is 0.155. The topological polar surface area (TPSA) is 87.2 Å². The summed E-state index contributed by atoms with van der Waals surface area (Å²) in [6.07, 6.45) is 3.73. The Balaban J connectivity index is 1.57. The minimum atomic E-state index is -0.409. The van der Waals surface area contributed by atoms with E-state index in [1.165, 1.54) is 24.4 Å². The number of tetrazole rings is 1. The fourth-order valence-corrected chi connectivity index (χ4v) is 3.43. The lowest BCUT2D eigenvalue weighted by molar-refractivity contribution is 0.0602. The first kappa shape index (κ1) is 17.2. The molecule has 3 heterocycles. The number of hydrogen-bond donors (Lipinski definition) is 0. The van der Waals surface area contributed by atoms with Crippen molar-refractivity contribution in [1.82, 2.24) is 29.6 Å². The Morgan fingerprint density at radius 3 is 2.81 bits per heavy atom. The summed E-state index contributed by atoms with van der Waals surface area (Å²) in [6.45, 7) is 2.03. The summed E-state index contributed by atoms with van der Waals surface area (Å²) >= 11 is 1.48. The van der Waals surface area contributed by atoms with Gasteiger partial charge in [-0.25, -0.2) is 9.78 Å². The summed E-state index contributed by atoms with van der Waals surface area (Å²) < 4.78 is 8.32. The first-order valence-electron chi connectivity index (χ1n) is 8.19. The number of benzene rings is 1. The summed E-state index contributed by atoms with van der Waals surface area (Å²) in [6, 6.07) is 11.5. The molecule has 27 heavy (non-hydrogen) atoms. The predicted molar refractivity (Wildman–Crippen MR) is 100.0 cm³/mol. The van der Waals surface area contributed by atoms with Gasteiger partial charge in [-0.3, -0.25) is 0 Å². The molecule has 0 amide bonds. The second-order valence-corrected chi connectivity index (χ2v) is 6.82. The summed E-state index contributed by atoms with van der Waals surface area (Å²) in [4.78, 5) is 16.5. The molecule has 0 atom stereocenters. The smallest absolute Gasteiger partial charge is 0.341 e. The zero-order valence-corrected chi connectivity index (χ0v) is 15.6. The molecule has 0 unspecified atom stereocenters. The van der Waals surface area contributed by atoms with Gasteiger partial charge < -0.3 is 9.14 Å². The van der Waals surface area contributed by atoms with Gasteiger partial charge in [-0.2, -0.15) is 4.68 Å². The van der Waals surface area contributed by atoms with Gasteiger partial charge in [0.1, 0.15) is 5.56 Å². The minimum Gasteiger partial charge on any atom is -0.465 e. The van der Waals surface area contributed by atoms with Gasteiger partial charge >= 0.3 is 5.97 Å². The Kier molecular flexibility index (Phi) is 4.59. The van der Waals surface area contributed by atoms with Gasteiger partial charge in [0, 0.05) is 18.1 Å². The van der Waals surface area contributed by atoms with Crippen molar-refractivity contribution in [3.8, 4) is 5.69 Å². The van der Waals surface area contributed by atoms with Crippen LogP contribution in [-0.2, 0) is 10.5 Å². The molecule has 9 heteroatoms. The second kappa shape index (κ2) is 7.20. The molecule has 4 aromatic rings. The van der Waals surface area contributed by atoms with Crippen LogP contribution in [0.3, 0.4) is 0 Å². The molecule has 4 rings (SSSR count). The molecule has 1 aromatic carbocycles. The van der Waals surface area contributed by atoms with Crippen LogP contribution in [-0.4, -0.2) is 42.7 Å². The first-order valence-corrected chi connectivity index (χ1v) is 9.17. The van der Waals surface area contributed by atoms with Crippen molar-refractivity contribution in [2.45, 2.75) is 17.8 Å². The maximum Gasteiger partial charge on any atom is 0.341 e. The number of esters is 1. The SMILES string of the molecule is COC(=O)c1cccn2cc(CSc3nnnn3-c3ccc(C)cc3)nc12. The number of imidazole rings is 1. The normalized spacial score (nSPS) is 11.0. The molecule has 0 radical (unpaired) electrons. The van der Waals surface area contributed by atoms with Crippen LogP contribution in [0.2, 0.25) is 0 Å². The van der Waals surface area contributed by atoms with Crippen LogP contribution in [0.5, 0.6) is 0 Å². The van der Waals surface area contributed by atoms with Crippen molar-refractivity contribution < 1.29 is 9.53 Å². The molecule has 0 fully saturated rings. The molecule has 3 aromatic heterocycles. The molecule has 136 valence electrons.